The first kappa shape index (κ1) is 15.3. The van der Waals surface area contributed by atoms with Gasteiger partial charge in [-0.15, -0.1) is 11.3 Å². The average molecular weight is 296 g/mol. The van der Waals surface area contributed by atoms with Crippen molar-refractivity contribution in [1.29, 1.82) is 0 Å². The van der Waals surface area contributed by atoms with Crippen molar-refractivity contribution < 1.29 is 9.53 Å². The molecule has 112 valence electrons. The fourth-order valence-corrected chi connectivity index (χ4v) is 3.33. The Labute approximate surface area is 125 Å². The molecule has 2 amide bonds. The highest BCUT2D eigenvalue weighted by molar-refractivity contribution is 7.12. The van der Waals surface area contributed by atoms with Gasteiger partial charge in [0.1, 0.15) is 0 Å². The van der Waals surface area contributed by atoms with Crippen molar-refractivity contribution in [2.45, 2.75) is 32.7 Å². The van der Waals surface area contributed by atoms with Crippen molar-refractivity contribution in [1.82, 2.24) is 10.2 Å². The maximum absolute atomic E-state index is 12.2. The smallest absolute Gasteiger partial charge is 0.317 e. The van der Waals surface area contributed by atoms with Gasteiger partial charge >= 0.3 is 6.03 Å². The molecular weight excluding hydrogens is 272 g/mol. The predicted molar refractivity (Wildman–Crippen MR) is 82.2 cm³/mol. The minimum absolute atomic E-state index is 0.00930. The molecule has 2 heterocycles. The number of ether oxygens (including phenoxy) is 1. The Bertz CT molecular complexity index is 441. The zero-order valence-electron chi connectivity index (χ0n) is 12.5. The first-order valence-corrected chi connectivity index (χ1v) is 8.03. The maximum atomic E-state index is 12.2. The van der Waals surface area contributed by atoms with Crippen molar-refractivity contribution >= 4 is 17.4 Å². The molecule has 20 heavy (non-hydrogen) atoms. The molecule has 1 aliphatic heterocycles. The fraction of sp³-hybridized carbons (Fsp3) is 0.667. The lowest BCUT2D eigenvalue weighted by Gasteiger charge is -2.28. The molecule has 1 fully saturated rings. The summed E-state index contributed by atoms with van der Waals surface area (Å²) in [5.74, 6) is 0.568. The van der Waals surface area contributed by atoms with E-state index in [1.165, 1.54) is 9.75 Å². The molecule has 0 saturated carbocycles. The van der Waals surface area contributed by atoms with Gasteiger partial charge in [0.05, 0.1) is 6.04 Å². The number of rotatable bonds is 4. The summed E-state index contributed by atoms with van der Waals surface area (Å²) in [5.41, 5.74) is 0. The molecule has 1 aliphatic rings. The molecule has 0 bridgehead atoms. The monoisotopic (exact) mass is 296 g/mol. The van der Waals surface area contributed by atoms with Gasteiger partial charge in [-0.2, -0.15) is 0 Å². The van der Waals surface area contributed by atoms with Gasteiger partial charge in [0.2, 0.25) is 0 Å². The van der Waals surface area contributed by atoms with Crippen LogP contribution in [0.1, 0.15) is 35.6 Å². The van der Waals surface area contributed by atoms with Gasteiger partial charge in [0.15, 0.2) is 0 Å². The van der Waals surface area contributed by atoms with Gasteiger partial charge in [0, 0.05) is 36.6 Å². The molecule has 5 heteroatoms. The Morgan fingerprint density at radius 2 is 2.20 bits per heavy atom. The van der Waals surface area contributed by atoms with Gasteiger partial charge in [-0.25, -0.2) is 4.79 Å². The number of amides is 2. The van der Waals surface area contributed by atoms with E-state index in [2.05, 4.69) is 24.4 Å². The number of hydrogen-bond donors (Lipinski definition) is 1. The molecule has 1 atom stereocenters. The van der Waals surface area contributed by atoms with Gasteiger partial charge in [-0.05, 0) is 44.7 Å². The van der Waals surface area contributed by atoms with Gasteiger partial charge in [-0.3, -0.25) is 0 Å². The number of aryl methyl sites for hydroxylation is 1. The molecule has 1 N–H and O–H groups in total. The van der Waals surface area contributed by atoms with Crippen LogP contribution in [0.25, 0.3) is 0 Å². The summed E-state index contributed by atoms with van der Waals surface area (Å²) in [4.78, 5) is 16.5. The van der Waals surface area contributed by atoms with E-state index in [0.717, 1.165) is 32.6 Å². The van der Waals surface area contributed by atoms with E-state index in [1.807, 2.05) is 14.0 Å². The van der Waals surface area contributed by atoms with Gasteiger partial charge in [-0.1, -0.05) is 0 Å². The average Bonchev–Trinajstić information content (AvgIpc) is 2.86. The molecule has 0 unspecified atom stereocenters. The molecule has 0 spiro atoms. The second kappa shape index (κ2) is 7.09. The van der Waals surface area contributed by atoms with Crippen LogP contribution in [-0.4, -0.2) is 37.7 Å². The van der Waals surface area contributed by atoms with Crippen LogP contribution >= 0.6 is 11.3 Å². The number of nitrogens with one attached hydrogen (secondary N) is 1. The van der Waals surface area contributed by atoms with Crippen molar-refractivity contribution in [3.05, 3.63) is 21.9 Å². The summed E-state index contributed by atoms with van der Waals surface area (Å²) in [6.07, 6.45) is 2.11. The Balaban J connectivity index is 1.81. The summed E-state index contributed by atoms with van der Waals surface area (Å²) in [5, 5.41) is 3.07. The number of thiophene rings is 1. The topological polar surface area (TPSA) is 41.6 Å². The molecule has 1 saturated heterocycles. The van der Waals surface area contributed by atoms with Crippen LogP contribution in [0, 0.1) is 12.8 Å². The zero-order valence-corrected chi connectivity index (χ0v) is 13.3. The lowest BCUT2D eigenvalue weighted by molar-refractivity contribution is 0.0585. The number of hydrogen-bond acceptors (Lipinski definition) is 3. The van der Waals surface area contributed by atoms with Gasteiger partial charge < -0.3 is 15.0 Å². The summed E-state index contributed by atoms with van der Waals surface area (Å²) in [6, 6.07) is 4.26. The SMILES string of the molecule is Cc1ccc([C@@H](C)NC(=O)N(C)CC2CCOCC2)s1. The van der Waals surface area contributed by atoms with Crippen LogP contribution in [0.15, 0.2) is 12.1 Å². The van der Waals surface area contributed by atoms with Crippen LogP contribution in [-0.2, 0) is 4.74 Å². The van der Waals surface area contributed by atoms with Crippen LogP contribution < -0.4 is 5.32 Å². The summed E-state index contributed by atoms with van der Waals surface area (Å²) >= 11 is 1.74. The zero-order chi connectivity index (χ0) is 14.5. The van der Waals surface area contributed by atoms with Crippen LogP contribution in [0.3, 0.4) is 0 Å². The van der Waals surface area contributed by atoms with Gasteiger partial charge in [0.25, 0.3) is 0 Å². The van der Waals surface area contributed by atoms with Crippen molar-refractivity contribution in [3.63, 3.8) is 0 Å². The van der Waals surface area contributed by atoms with Crippen LogP contribution in [0.5, 0.6) is 0 Å². The largest absolute Gasteiger partial charge is 0.381 e. The van der Waals surface area contributed by atoms with E-state index in [0.29, 0.717) is 5.92 Å². The summed E-state index contributed by atoms with van der Waals surface area (Å²) in [7, 11) is 1.87. The third-order valence-corrected chi connectivity index (χ3v) is 4.93. The fourth-order valence-electron chi connectivity index (χ4n) is 2.45. The molecule has 0 aliphatic carbocycles. The third-order valence-electron chi connectivity index (χ3n) is 3.75. The lowest BCUT2D eigenvalue weighted by Crippen LogP contribution is -2.41. The maximum Gasteiger partial charge on any atom is 0.317 e. The van der Waals surface area contributed by atoms with Crippen molar-refractivity contribution in [2.24, 2.45) is 5.92 Å². The molecule has 2 rings (SSSR count). The minimum atomic E-state index is 0.00930. The molecule has 1 aromatic rings. The van der Waals surface area contributed by atoms with E-state index in [1.54, 1.807) is 16.2 Å². The Morgan fingerprint density at radius 1 is 1.50 bits per heavy atom. The second-order valence-corrected chi connectivity index (χ2v) is 6.88. The summed E-state index contributed by atoms with van der Waals surface area (Å²) in [6.45, 7) is 6.58. The quantitative estimate of drug-likeness (QED) is 0.927. The Hall–Kier alpha value is -1.07. The molecule has 0 aromatic carbocycles. The van der Waals surface area contributed by atoms with Crippen LogP contribution in [0.4, 0.5) is 4.79 Å². The van der Waals surface area contributed by atoms with Crippen molar-refractivity contribution in [3.8, 4) is 0 Å². The molecule has 4 nitrogen and oxygen atoms in total. The Kier molecular flexibility index (Phi) is 5.43. The Morgan fingerprint density at radius 3 is 2.80 bits per heavy atom. The highest BCUT2D eigenvalue weighted by atomic mass is 32.1. The molecule has 0 radical (unpaired) electrons. The van der Waals surface area contributed by atoms with E-state index < -0.39 is 0 Å². The first-order valence-electron chi connectivity index (χ1n) is 7.22. The van der Waals surface area contributed by atoms with Crippen LogP contribution in [0.2, 0.25) is 0 Å². The van der Waals surface area contributed by atoms with E-state index in [4.69, 9.17) is 4.74 Å². The predicted octanol–water partition coefficient (Wildman–Crippen LogP) is 3.19. The minimum Gasteiger partial charge on any atom is -0.381 e. The first-order chi connectivity index (χ1) is 9.56. The number of carbonyl (C=O) groups excluding carboxylic acids is 1. The van der Waals surface area contributed by atoms with E-state index in [9.17, 15) is 4.79 Å². The number of carbonyl (C=O) groups is 1. The lowest BCUT2D eigenvalue weighted by atomic mass is 10.00. The summed E-state index contributed by atoms with van der Waals surface area (Å²) < 4.78 is 5.35. The van der Waals surface area contributed by atoms with Crippen molar-refractivity contribution in [2.75, 3.05) is 26.8 Å². The molecule has 1 aromatic heterocycles. The molecular formula is C15H24N2O2S. The standard InChI is InChI=1S/C15H24N2O2S/c1-11-4-5-14(20-11)12(2)16-15(18)17(3)10-13-6-8-19-9-7-13/h4-5,12-13H,6-10H2,1-3H3,(H,16,18)/t12-/m1/s1. The second-order valence-electron chi connectivity index (χ2n) is 5.56. The van der Waals surface area contributed by atoms with E-state index in [-0.39, 0.29) is 12.1 Å². The van der Waals surface area contributed by atoms with E-state index >= 15 is 0 Å². The highest BCUT2D eigenvalue weighted by Gasteiger charge is 2.20. The highest BCUT2D eigenvalue weighted by Crippen LogP contribution is 2.22. The third kappa shape index (κ3) is 4.21. The normalized spacial score (nSPS) is 17.8. The number of nitrogens with zero attached hydrogens (tertiary/aromatic N) is 1. The number of urea groups is 1.